The van der Waals surface area contributed by atoms with Crippen LogP contribution < -0.4 is 0 Å². The van der Waals surface area contributed by atoms with Crippen molar-refractivity contribution in [2.45, 2.75) is 78.7 Å². The summed E-state index contributed by atoms with van der Waals surface area (Å²) in [5, 5.41) is 0. The van der Waals surface area contributed by atoms with Gasteiger partial charge >= 0.3 is 23.9 Å². The maximum Gasteiger partial charge on any atom is 0.303 e. The lowest BCUT2D eigenvalue weighted by molar-refractivity contribution is -0.297. The van der Waals surface area contributed by atoms with E-state index in [0.717, 1.165) is 33.5 Å². The molecule has 1 saturated heterocycles. The summed E-state index contributed by atoms with van der Waals surface area (Å²) >= 11 is 0. The Labute approximate surface area is 197 Å². The van der Waals surface area contributed by atoms with Crippen molar-refractivity contribution in [3.8, 4) is 0 Å². The molecule has 12 nitrogen and oxygen atoms in total. The van der Waals surface area contributed by atoms with Crippen LogP contribution in [-0.2, 0) is 57.1 Å². The Morgan fingerprint density at radius 2 is 1.35 bits per heavy atom. The van der Waals surface area contributed by atoms with E-state index in [9.17, 15) is 24.0 Å². The number of esters is 4. The van der Waals surface area contributed by atoms with Crippen molar-refractivity contribution in [1.82, 2.24) is 0 Å². The van der Waals surface area contributed by atoms with Crippen LogP contribution in [0.1, 0.15) is 48.0 Å². The molecule has 0 bridgehead atoms. The third kappa shape index (κ3) is 9.87. The second-order valence-corrected chi connectivity index (χ2v) is 7.46. The van der Waals surface area contributed by atoms with Crippen LogP contribution in [0.4, 0.5) is 0 Å². The normalized spacial score (nSPS) is 24.5. The van der Waals surface area contributed by atoms with E-state index >= 15 is 0 Å². The van der Waals surface area contributed by atoms with Gasteiger partial charge in [0.1, 0.15) is 12.7 Å². The summed E-state index contributed by atoms with van der Waals surface area (Å²) < 4.78 is 37.6. The van der Waals surface area contributed by atoms with Crippen LogP contribution in [0.5, 0.6) is 0 Å². The second kappa shape index (κ2) is 14.3. The highest BCUT2D eigenvalue weighted by molar-refractivity contribution is 5.93. The number of ether oxygens (including phenoxy) is 7. The highest BCUT2D eigenvalue weighted by Crippen LogP contribution is 2.30. The van der Waals surface area contributed by atoms with Gasteiger partial charge in [0.15, 0.2) is 18.0 Å². The summed E-state index contributed by atoms with van der Waals surface area (Å²) in [5.41, 5.74) is 0.168. The summed E-state index contributed by atoms with van der Waals surface area (Å²) in [7, 11) is 0. The third-order valence-corrected chi connectivity index (χ3v) is 4.35. The van der Waals surface area contributed by atoms with E-state index in [4.69, 9.17) is 33.2 Å². The summed E-state index contributed by atoms with van der Waals surface area (Å²) in [4.78, 5) is 58.6. The average molecular weight is 488 g/mol. The molecule has 0 aliphatic carbocycles. The zero-order chi connectivity index (χ0) is 25.8. The Kier molecular flexibility index (Phi) is 12.2. The Morgan fingerprint density at radius 3 is 1.85 bits per heavy atom. The number of hydrogen-bond donors (Lipinski definition) is 0. The molecule has 0 aromatic heterocycles. The lowest BCUT2D eigenvalue weighted by Gasteiger charge is -2.43. The molecule has 1 fully saturated rings. The van der Waals surface area contributed by atoms with Gasteiger partial charge in [0, 0.05) is 34.3 Å². The van der Waals surface area contributed by atoms with Crippen LogP contribution in [0, 0.1) is 0 Å². The minimum absolute atomic E-state index is 0.0333. The Balaban J connectivity index is 3.35. The topological polar surface area (TPSA) is 150 Å². The lowest BCUT2D eigenvalue weighted by atomic mass is 9.98. The van der Waals surface area contributed by atoms with Gasteiger partial charge in [-0.05, 0) is 13.3 Å². The number of hydrogen-bond acceptors (Lipinski definition) is 12. The maximum atomic E-state index is 12.0. The van der Waals surface area contributed by atoms with Crippen molar-refractivity contribution >= 4 is 29.7 Å². The third-order valence-electron chi connectivity index (χ3n) is 4.35. The molecule has 5 atom stereocenters. The van der Waals surface area contributed by atoms with Crippen molar-refractivity contribution in [3.05, 3.63) is 11.8 Å². The van der Waals surface area contributed by atoms with Crippen LogP contribution in [-0.4, -0.2) is 80.2 Å². The highest BCUT2D eigenvalue weighted by atomic mass is 16.7. The summed E-state index contributed by atoms with van der Waals surface area (Å²) in [6.07, 6.45) is -4.78. The molecule has 0 unspecified atom stereocenters. The first kappa shape index (κ1) is 29.0. The molecule has 0 N–H and O–H groups in total. The van der Waals surface area contributed by atoms with Crippen molar-refractivity contribution in [2.24, 2.45) is 0 Å². The quantitative estimate of drug-likeness (QED) is 0.127. The molecule has 1 rings (SSSR count). The number of carbonyl (C=O) groups excluding carboxylic acids is 5. The Hall–Kier alpha value is -2.99. The van der Waals surface area contributed by atoms with Gasteiger partial charge in [0.25, 0.3) is 0 Å². The molecule has 0 aromatic carbocycles. The fourth-order valence-corrected chi connectivity index (χ4v) is 2.99. The first-order valence-electron chi connectivity index (χ1n) is 10.7. The van der Waals surface area contributed by atoms with Crippen LogP contribution >= 0.6 is 0 Å². The monoisotopic (exact) mass is 488 g/mol. The fourth-order valence-electron chi connectivity index (χ4n) is 2.99. The van der Waals surface area contributed by atoms with Gasteiger partial charge in [0.05, 0.1) is 18.4 Å². The zero-order valence-corrected chi connectivity index (χ0v) is 20.2. The highest BCUT2D eigenvalue weighted by Gasteiger charge is 2.53. The van der Waals surface area contributed by atoms with Gasteiger partial charge in [-0.25, -0.2) is 0 Å². The molecular weight excluding hydrogens is 456 g/mol. The molecule has 1 aliphatic rings. The summed E-state index contributed by atoms with van der Waals surface area (Å²) in [6, 6.07) is 0. The molecule has 0 saturated carbocycles. The predicted molar refractivity (Wildman–Crippen MR) is 113 cm³/mol. The Morgan fingerprint density at radius 1 is 0.794 bits per heavy atom. The smallest absolute Gasteiger partial charge is 0.303 e. The number of carbonyl (C=O) groups is 5. The molecule has 0 spiro atoms. The summed E-state index contributed by atoms with van der Waals surface area (Å²) in [5.74, 6) is -3.24. The molecule has 34 heavy (non-hydrogen) atoms. The van der Waals surface area contributed by atoms with Gasteiger partial charge in [-0.2, -0.15) is 0 Å². The van der Waals surface area contributed by atoms with E-state index in [1.807, 2.05) is 6.92 Å². The van der Waals surface area contributed by atoms with E-state index in [2.05, 4.69) is 0 Å². The molecule has 192 valence electrons. The largest absolute Gasteiger partial charge is 0.468 e. The van der Waals surface area contributed by atoms with E-state index in [1.165, 1.54) is 13.8 Å². The molecule has 12 heteroatoms. The Bertz CT molecular complexity index is 774. The van der Waals surface area contributed by atoms with Gasteiger partial charge in [-0.1, -0.05) is 6.92 Å². The molecular formula is C22H32O12. The molecule has 1 heterocycles. The van der Waals surface area contributed by atoms with Crippen LogP contribution in [0.2, 0.25) is 0 Å². The first-order chi connectivity index (χ1) is 16.0. The molecule has 0 amide bonds. The number of rotatable bonds is 12. The van der Waals surface area contributed by atoms with Crippen molar-refractivity contribution in [2.75, 3.05) is 19.8 Å². The average Bonchev–Trinajstić information content (AvgIpc) is 2.71. The maximum absolute atomic E-state index is 12.0. The van der Waals surface area contributed by atoms with Crippen LogP contribution in [0.15, 0.2) is 11.8 Å². The van der Waals surface area contributed by atoms with Crippen molar-refractivity contribution in [3.63, 3.8) is 0 Å². The van der Waals surface area contributed by atoms with E-state index in [1.54, 1.807) is 0 Å². The second-order valence-electron chi connectivity index (χ2n) is 7.46. The number of Topliss-reactive ketones (excluding diaryl/α,β-unsaturated/α-hetero) is 1. The van der Waals surface area contributed by atoms with E-state index in [-0.39, 0.29) is 24.6 Å². The SMILES string of the molecule is CCCOC/C(=C\O[C@@H]1O[C@H](COC(C)=O)[C@@H](OC(C)=O)[C@H](OC(C)=O)[C@H]1OC(C)=O)C(C)=O. The van der Waals surface area contributed by atoms with Crippen LogP contribution in [0.3, 0.4) is 0 Å². The van der Waals surface area contributed by atoms with Gasteiger partial charge < -0.3 is 33.2 Å². The van der Waals surface area contributed by atoms with Gasteiger partial charge in [-0.15, -0.1) is 0 Å². The predicted octanol–water partition coefficient (Wildman–Crippen LogP) is 0.986. The van der Waals surface area contributed by atoms with Crippen LogP contribution in [0.25, 0.3) is 0 Å². The van der Waals surface area contributed by atoms with E-state index < -0.39 is 54.6 Å². The summed E-state index contributed by atoms with van der Waals surface area (Å²) in [6.45, 7) is 7.74. The van der Waals surface area contributed by atoms with Crippen molar-refractivity contribution < 1.29 is 57.1 Å². The molecule has 1 aliphatic heterocycles. The number of ketones is 1. The van der Waals surface area contributed by atoms with Gasteiger partial charge in [0.2, 0.25) is 12.4 Å². The van der Waals surface area contributed by atoms with Gasteiger partial charge in [-0.3, -0.25) is 24.0 Å². The fraction of sp³-hybridized carbons (Fsp3) is 0.682. The van der Waals surface area contributed by atoms with E-state index in [0.29, 0.717) is 6.61 Å². The minimum atomic E-state index is -1.42. The molecule has 0 radical (unpaired) electrons. The minimum Gasteiger partial charge on any atom is -0.468 e. The lowest BCUT2D eigenvalue weighted by Crippen LogP contribution is -2.62. The first-order valence-corrected chi connectivity index (χ1v) is 10.7. The zero-order valence-electron chi connectivity index (χ0n) is 20.2. The standard InChI is InChI=1S/C22H32O12/c1-7-8-28-9-17(12(2)23)10-30-22-21(33-16(6)27)20(32-15(5)26)19(31-14(4)25)18(34-22)11-29-13(3)24/h10,18-22H,7-9,11H2,1-6H3/b17-10+/t18-,19-,20+,21-,22-/m1/s1. The molecule has 0 aromatic rings. The van der Waals surface area contributed by atoms with Crippen molar-refractivity contribution in [1.29, 1.82) is 0 Å².